The van der Waals surface area contributed by atoms with Crippen LogP contribution in [0.5, 0.6) is 5.75 Å². The Morgan fingerprint density at radius 3 is 2.94 bits per heavy atom. The molecule has 0 spiro atoms. The number of aryl methyl sites for hydroxylation is 1. The lowest BCUT2D eigenvalue weighted by Gasteiger charge is -2.28. The zero-order valence-corrected chi connectivity index (χ0v) is 10.1. The minimum absolute atomic E-state index is 0.0376. The van der Waals surface area contributed by atoms with Gasteiger partial charge in [0.1, 0.15) is 5.75 Å². The van der Waals surface area contributed by atoms with E-state index < -0.39 is 6.09 Å². The average molecular weight is 249 g/mol. The van der Waals surface area contributed by atoms with Crippen LogP contribution in [0.2, 0.25) is 0 Å². The van der Waals surface area contributed by atoms with Crippen LogP contribution in [0.25, 0.3) is 0 Å². The monoisotopic (exact) mass is 249 g/mol. The van der Waals surface area contributed by atoms with Gasteiger partial charge in [0.2, 0.25) is 0 Å². The van der Waals surface area contributed by atoms with E-state index in [2.05, 4.69) is 0 Å². The van der Waals surface area contributed by atoms with Gasteiger partial charge in [0.05, 0.1) is 19.3 Å². The summed E-state index contributed by atoms with van der Waals surface area (Å²) >= 11 is 0. The molecule has 0 aliphatic carbocycles. The van der Waals surface area contributed by atoms with Crippen LogP contribution < -0.4 is 0 Å². The molecule has 2 aliphatic rings. The van der Waals surface area contributed by atoms with Crippen molar-refractivity contribution in [3.8, 4) is 5.75 Å². The molecule has 1 amide bonds. The number of ether oxygens (including phenoxy) is 1. The standard InChI is InChI=1S/C13H15NO4/c1-7-2-8(15)3-9-10-4-14(13(16)17)5-12(10)18-6-11(7)9/h2-3,10,12,15H,4-6H2,1H3,(H,16,17). The largest absolute Gasteiger partial charge is 0.508 e. The smallest absolute Gasteiger partial charge is 0.407 e. The van der Waals surface area contributed by atoms with Gasteiger partial charge in [0.25, 0.3) is 0 Å². The van der Waals surface area contributed by atoms with E-state index in [4.69, 9.17) is 9.84 Å². The summed E-state index contributed by atoms with van der Waals surface area (Å²) < 4.78 is 5.74. The molecule has 2 aliphatic heterocycles. The fourth-order valence-corrected chi connectivity index (χ4v) is 2.94. The van der Waals surface area contributed by atoms with E-state index in [0.717, 1.165) is 16.7 Å². The van der Waals surface area contributed by atoms with Crippen LogP contribution in [0.4, 0.5) is 4.79 Å². The van der Waals surface area contributed by atoms with Gasteiger partial charge in [-0.05, 0) is 35.7 Å². The average Bonchev–Trinajstić information content (AvgIpc) is 2.72. The van der Waals surface area contributed by atoms with E-state index in [1.807, 2.05) is 6.92 Å². The summed E-state index contributed by atoms with van der Waals surface area (Å²) in [4.78, 5) is 12.4. The second-order valence-electron chi connectivity index (χ2n) is 4.97. The van der Waals surface area contributed by atoms with E-state index in [9.17, 15) is 9.90 Å². The van der Waals surface area contributed by atoms with Crippen LogP contribution in [-0.4, -0.2) is 40.4 Å². The molecule has 0 radical (unpaired) electrons. The number of phenols is 1. The number of aromatic hydroxyl groups is 1. The number of hydrogen-bond donors (Lipinski definition) is 2. The van der Waals surface area contributed by atoms with Crippen LogP contribution in [0, 0.1) is 6.92 Å². The molecular formula is C13H15NO4. The third-order valence-electron chi connectivity index (χ3n) is 3.87. The van der Waals surface area contributed by atoms with Crippen LogP contribution in [0.1, 0.15) is 22.6 Å². The highest BCUT2D eigenvalue weighted by Crippen LogP contribution is 2.39. The van der Waals surface area contributed by atoms with Crippen LogP contribution in [0.3, 0.4) is 0 Å². The van der Waals surface area contributed by atoms with Gasteiger partial charge >= 0.3 is 6.09 Å². The number of fused-ring (bicyclic) bond motifs is 3. The summed E-state index contributed by atoms with van der Waals surface area (Å²) in [6.07, 6.45) is -0.999. The molecule has 1 saturated heterocycles. The molecule has 2 unspecified atom stereocenters. The number of amides is 1. The summed E-state index contributed by atoms with van der Waals surface area (Å²) in [5.74, 6) is 0.274. The van der Waals surface area contributed by atoms with Gasteiger partial charge in [-0.1, -0.05) is 0 Å². The van der Waals surface area contributed by atoms with E-state index in [1.165, 1.54) is 4.90 Å². The van der Waals surface area contributed by atoms with Gasteiger partial charge in [-0.3, -0.25) is 0 Å². The molecule has 96 valence electrons. The zero-order chi connectivity index (χ0) is 12.9. The number of carbonyl (C=O) groups is 1. The Labute approximate surface area is 105 Å². The molecule has 3 rings (SSSR count). The topological polar surface area (TPSA) is 70.0 Å². The van der Waals surface area contributed by atoms with E-state index in [-0.39, 0.29) is 17.8 Å². The first-order valence-corrected chi connectivity index (χ1v) is 5.98. The molecule has 1 aromatic carbocycles. The second-order valence-corrected chi connectivity index (χ2v) is 4.97. The maximum absolute atomic E-state index is 11.0. The Bertz CT molecular complexity index is 514. The second kappa shape index (κ2) is 3.88. The molecule has 5 nitrogen and oxygen atoms in total. The van der Waals surface area contributed by atoms with E-state index >= 15 is 0 Å². The maximum Gasteiger partial charge on any atom is 0.407 e. The highest BCUT2D eigenvalue weighted by Gasteiger charge is 2.40. The van der Waals surface area contributed by atoms with Gasteiger partial charge in [0, 0.05) is 12.5 Å². The molecule has 2 atom stereocenters. The van der Waals surface area contributed by atoms with Crippen molar-refractivity contribution in [3.63, 3.8) is 0 Å². The number of likely N-dealkylation sites (tertiary alicyclic amines) is 1. The minimum atomic E-state index is -0.911. The number of phenolic OH excluding ortho intramolecular Hbond substituents is 1. The molecule has 18 heavy (non-hydrogen) atoms. The summed E-state index contributed by atoms with van der Waals surface area (Å²) in [5.41, 5.74) is 3.12. The molecule has 0 bridgehead atoms. The maximum atomic E-state index is 11.0. The van der Waals surface area contributed by atoms with Crippen molar-refractivity contribution in [1.29, 1.82) is 0 Å². The Morgan fingerprint density at radius 2 is 2.22 bits per heavy atom. The fourth-order valence-electron chi connectivity index (χ4n) is 2.94. The Balaban J connectivity index is 2.00. The number of carboxylic acid groups (broad SMARTS) is 1. The summed E-state index contributed by atoms with van der Waals surface area (Å²) in [6, 6.07) is 3.46. The first-order valence-electron chi connectivity index (χ1n) is 5.98. The van der Waals surface area contributed by atoms with Crippen molar-refractivity contribution < 1.29 is 19.7 Å². The van der Waals surface area contributed by atoms with E-state index in [1.54, 1.807) is 12.1 Å². The van der Waals surface area contributed by atoms with Crippen molar-refractivity contribution in [1.82, 2.24) is 4.90 Å². The normalized spacial score (nSPS) is 25.7. The predicted octanol–water partition coefficient (Wildman–Crippen LogP) is 1.68. The molecule has 0 aromatic heterocycles. The van der Waals surface area contributed by atoms with Crippen molar-refractivity contribution in [2.75, 3.05) is 13.1 Å². The third-order valence-corrected chi connectivity index (χ3v) is 3.87. The van der Waals surface area contributed by atoms with Crippen molar-refractivity contribution in [2.45, 2.75) is 25.6 Å². The van der Waals surface area contributed by atoms with Crippen molar-refractivity contribution in [2.24, 2.45) is 0 Å². The quantitative estimate of drug-likeness (QED) is 0.734. The van der Waals surface area contributed by atoms with Gasteiger partial charge < -0.3 is 19.8 Å². The number of benzene rings is 1. The molecule has 0 saturated carbocycles. The molecule has 5 heteroatoms. The van der Waals surface area contributed by atoms with E-state index in [0.29, 0.717) is 19.7 Å². The molecule has 2 heterocycles. The third kappa shape index (κ3) is 1.62. The predicted molar refractivity (Wildman–Crippen MR) is 63.8 cm³/mol. The van der Waals surface area contributed by atoms with Gasteiger partial charge in [0.15, 0.2) is 0 Å². The van der Waals surface area contributed by atoms with Crippen molar-refractivity contribution >= 4 is 6.09 Å². The number of nitrogens with zero attached hydrogens (tertiary/aromatic N) is 1. The lowest BCUT2D eigenvalue weighted by molar-refractivity contribution is 0.0250. The number of hydrogen-bond acceptors (Lipinski definition) is 3. The first-order chi connectivity index (χ1) is 8.56. The minimum Gasteiger partial charge on any atom is -0.508 e. The van der Waals surface area contributed by atoms with Gasteiger partial charge in [-0.15, -0.1) is 0 Å². The molecule has 1 fully saturated rings. The van der Waals surface area contributed by atoms with Crippen LogP contribution in [0.15, 0.2) is 12.1 Å². The summed E-state index contributed by atoms with van der Waals surface area (Å²) in [7, 11) is 0. The van der Waals surface area contributed by atoms with Crippen LogP contribution in [-0.2, 0) is 11.3 Å². The lowest BCUT2D eigenvalue weighted by Crippen LogP contribution is -2.29. The summed E-state index contributed by atoms with van der Waals surface area (Å²) in [5, 5.41) is 18.7. The Kier molecular flexibility index (Phi) is 2.45. The number of rotatable bonds is 0. The van der Waals surface area contributed by atoms with Crippen LogP contribution >= 0.6 is 0 Å². The fraction of sp³-hybridized carbons (Fsp3) is 0.462. The van der Waals surface area contributed by atoms with Gasteiger partial charge in [-0.2, -0.15) is 0 Å². The summed E-state index contributed by atoms with van der Waals surface area (Å²) in [6.45, 7) is 3.28. The highest BCUT2D eigenvalue weighted by atomic mass is 16.5. The van der Waals surface area contributed by atoms with Crippen molar-refractivity contribution in [3.05, 3.63) is 28.8 Å². The molecule has 1 aromatic rings. The highest BCUT2D eigenvalue weighted by molar-refractivity contribution is 5.66. The molecule has 2 N–H and O–H groups in total. The molecular weight excluding hydrogens is 234 g/mol. The Morgan fingerprint density at radius 1 is 1.44 bits per heavy atom. The zero-order valence-electron chi connectivity index (χ0n) is 10.1. The lowest BCUT2D eigenvalue weighted by atomic mass is 9.87. The van der Waals surface area contributed by atoms with Gasteiger partial charge in [-0.25, -0.2) is 4.79 Å². The first kappa shape index (κ1) is 11.3. The Hall–Kier alpha value is -1.75. The SMILES string of the molecule is Cc1cc(O)cc2c1COC1CN(C(=O)O)CC21.